The second-order valence-corrected chi connectivity index (χ2v) is 7.46. The van der Waals surface area contributed by atoms with E-state index in [0.717, 1.165) is 49.7 Å². The number of oxazole rings is 1. The zero-order chi connectivity index (χ0) is 19.4. The number of fused-ring (bicyclic) bond motifs is 4. The van der Waals surface area contributed by atoms with Gasteiger partial charge in [-0.25, -0.2) is 4.98 Å². The van der Waals surface area contributed by atoms with Gasteiger partial charge in [0, 0.05) is 27.4 Å². The lowest BCUT2D eigenvalue weighted by atomic mass is 10.0. The summed E-state index contributed by atoms with van der Waals surface area (Å²) in [6.45, 7) is 0. The molecule has 0 spiro atoms. The van der Waals surface area contributed by atoms with Gasteiger partial charge in [-0.2, -0.15) is 0 Å². The maximum atomic E-state index is 6.10. The number of rotatable bonds is 2. The van der Waals surface area contributed by atoms with Gasteiger partial charge in [0.1, 0.15) is 16.7 Å². The van der Waals surface area contributed by atoms with Crippen LogP contribution in [-0.4, -0.2) is 4.98 Å². The van der Waals surface area contributed by atoms with Crippen LogP contribution in [0.25, 0.3) is 55.6 Å². The third-order valence-corrected chi connectivity index (χ3v) is 5.41. The van der Waals surface area contributed by atoms with Gasteiger partial charge in [-0.15, -0.1) is 0 Å². The normalized spacial score (nSPS) is 11.6. The van der Waals surface area contributed by atoms with Crippen molar-refractivity contribution in [1.29, 1.82) is 0 Å². The summed E-state index contributed by atoms with van der Waals surface area (Å²) in [7, 11) is 0. The molecule has 0 saturated carbocycles. The van der Waals surface area contributed by atoms with E-state index in [0.29, 0.717) is 10.9 Å². The van der Waals surface area contributed by atoms with Gasteiger partial charge in [-0.05, 0) is 59.7 Å². The van der Waals surface area contributed by atoms with Crippen LogP contribution in [0, 0.1) is 0 Å². The van der Waals surface area contributed by atoms with E-state index in [2.05, 4.69) is 23.2 Å². The van der Waals surface area contributed by atoms with E-state index in [1.807, 2.05) is 66.7 Å². The minimum atomic E-state index is 0.630. The Kier molecular flexibility index (Phi) is 3.52. The molecule has 0 fully saturated rings. The molecule has 6 rings (SSSR count). The Morgan fingerprint density at radius 2 is 1.41 bits per heavy atom. The van der Waals surface area contributed by atoms with Crippen LogP contribution in [0.3, 0.4) is 0 Å². The first-order valence-electron chi connectivity index (χ1n) is 9.33. The summed E-state index contributed by atoms with van der Waals surface area (Å²) in [5.41, 5.74) is 6.38. The van der Waals surface area contributed by atoms with E-state index in [-0.39, 0.29) is 0 Å². The second-order valence-electron chi connectivity index (χ2n) is 7.02. The minimum absolute atomic E-state index is 0.630. The van der Waals surface area contributed by atoms with Crippen LogP contribution < -0.4 is 0 Å². The molecule has 0 N–H and O–H groups in total. The zero-order valence-corrected chi connectivity index (χ0v) is 16.0. The first-order chi connectivity index (χ1) is 14.2. The van der Waals surface area contributed by atoms with Crippen molar-refractivity contribution >= 4 is 44.6 Å². The largest absolute Gasteiger partial charge is 0.456 e. The molecule has 0 aliphatic heterocycles. The van der Waals surface area contributed by atoms with Crippen molar-refractivity contribution in [2.45, 2.75) is 0 Å². The lowest BCUT2D eigenvalue weighted by Crippen LogP contribution is -1.78. The topological polar surface area (TPSA) is 39.2 Å². The van der Waals surface area contributed by atoms with E-state index in [1.165, 1.54) is 0 Å². The molecule has 0 aliphatic rings. The number of nitrogens with zero attached hydrogens (tertiary/aromatic N) is 1. The highest BCUT2D eigenvalue weighted by atomic mass is 35.5. The number of halogens is 1. The highest BCUT2D eigenvalue weighted by Crippen LogP contribution is 2.35. The van der Waals surface area contributed by atoms with Crippen molar-refractivity contribution in [2.24, 2.45) is 0 Å². The summed E-state index contributed by atoms with van der Waals surface area (Å²) in [5.74, 6) is 0.630. The molecule has 4 heteroatoms. The highest BCUT2D eigenvalue weighted by molar-refractivity contribution is 6.31. The van der Waals surface area contributed by atoms with Crippen molar-refractivity contribution in [1.82, 2.24) is 4.98 Å². The molecule has 3 nitrogen and oxygen atoms in total. The highest BCUT2D eigenvalue weighted by Gasteiger charge is 2.12. The standard InChI is InChI=1S/C25H14ClNO2/c26-18-8-9-19-20-12-16(7-11-22(20)28-23(19)14-18)17-6-10-21-24(13-17)29-25(27-21)15-4-2-1-3-5-15/h1-14H. The maximum Gasteiger partial charge on any atom is 0.227 e. The molecule has 4 aromatic carbocycles. The van der Waals surface area contributed by atoms with E-state index in [4.69, 9.17) is 20.4 Å². The fraction of sp³-hybridized carbons (Fsp3) is 0. The van der Waals surface area contributed by atoms with Crippen LogP contribution in [0.2, 0.25) is 5.02 Å². The third kappa shape index (κ3) is 2.71. The van der Waals surface area contributed by atoms with Gasteiger partial charge in [0.05, 0.1) is 0 Å². The fourth-order valence-corrected chi connectivity index (χ4v) is 3.90. The van der Waals surface area contributed by atoms with Crippen LogP contribution >= 0.6 is 11.6 Å². The van der Waals surface area contributed by atoms with Crippen LogP contribution in [0.1, 0.15) is 0 Å². The van der Waals surface area contributed by atoms with Gasteiger partial charge in [0.2, 0.25) is 5.89 Å². The number of hydrogen-bond donors (Lipinski definition) is 0. The van der Waals surface area contributed by atoms with Crippen molar-refractivity contribution < 1.29 is 8.83 Å². The Morgan fingerprint density at radius 1 is 0.586 bits per heavy atom. The fourth-order valence-electron chi connectivity index (χ4n) is 3.74. The molecule has 0 saturated heterocycles. The third-order valence-electron chi connectivity index (χ3n) is 5.18. The lowest BCUT2D eigenvalue weighted by Gasteiger charge is -2.01. The molecule has 0 bridgehead atoms. The van der Waals surface area contributed by atoms with Crippen molar-refractivity contribution in [3.63, 3.8) is 0 Å². The maximum absolute atomic E-state index is 6.10. The van der Waals surface area contributed by atoms with Crippen LogP contribution in [0.15, 0.2) is 93.8 Å². The Morgan fingerprint density at radius 3 is 2.31 bits per heavy atom. The predicted octanol–water partition coefficient (Wildman–Crippen LogP) is 7.71. The summed E-state index contributed by atoms with van der Waals surface area (Å²) in [6, 6.07) is 28.0. The Balaban J connectivity index is 1.48. The Hall–Kier alpha value is -3.56. The summed E-state index contributed by atoms with van der Waals surface area (Å²) < 4.78 is 12.0. The molecule has 29 heavy (non-hydrogen) atoms. The van der Waals surface area contributed by atoms with E-state index in [9.17, 15) is 0 Å². The second kappa shape index (κ2) is 6.23. The molecule has 2 heterocycles. The number of furan rings is 1. The molecule has 0 atom stereocenters. The predicted molar refractivity (Wildman–Crippen MR) is 117 cm³/mol. The SMILES string of the molecule is Clc1ccc2c(c1)oc1ccc(-c3ccc4nc(-c5ccccc5)oc4c3)cc12. The molecule has 0 aliphatic carbocycles. The number of aromatic nitrogens is 1. The Labute approximate surface area is 171 Å². The molecular formula is C25H14ClNO2. The van der Waals surface area contributed by atoms with Gasteiger partial charge < -0.3 is 8.83 Å². The van der Waals surface area contributed by atoms with Gasteiger partial charge in [0.25, 0.3) is 0 Å². The van der Waals surface area contributed by atoms with Crippen molar-refractivity contribution in [3.05, 3.63) is 90.0 Å². The van der Waals surface area contributed by atoms with Crippen molar-refractivity contribution in [3.8, 4) is 22.6 Å². The number of benzene rings is 4. The lowest BCUT2D eigenvalue weighted by molar-refractivity contribution is 0.620. The molecule has 0 amide bonds. The van der Waals surface area contributed by atoms with E-state index >= 15 is 0 Å². The summed E-state index contributed by atoms with van der Waals surface area (Å²) in [6.07, 6.45) is 0. The summed E-state index contributed by atoms with van der Waals surface area (Å²) >= 11 is 6.10. The minimum Gasteiger partial charge on any atom is -0.456 e. The average molecular weight is 396 g/mol. The van der Waals surface area contributed by atoms with Crippen molar-refractivity contribution in [2.75, 3.05) is 0 Å². The zero-order valence-electron chi connectivity index (χ0n) is 15.2. The first kappa shape index (κ1) is 16.4. The molecular weight excluding hydrogens is 382 g/mol. The van der Waals surface area contributed by atoms with Crippen LogP contribution in [0.5, 0.6) is 0 Å². The molecule has 6 aromatic rings. The molecule has 0 unspecified atom stereocenters. The van der Waals surface area contributed by atoms with Crippen LogP contribution in [0.4, 0.5) is 0 Å². The number of hydrogen-bond acceptors (Lipinski definition) is 3. The van der Waals surface area contributed by atoms with Gasteiger partial charge in [-0.3, -0.25) is 0 Å². The van der Waals surface area contributed by atoms with Gasteiger partial charge in [0.15, 0.2) is 5.58 Å². The molecule has 0 radical (unpaired) electrons. The monoisotopic (exact) mass is 395 g/mol. The van der Waals surface area contributed by atoms with Crippen LogP contribution in [-0.2, 0) is 0 Å². The summed E-state index contributed by atoms with van der Waals surface area (Å²) in [5, 5.41) is 2.79. The Bertz CT molecular complexity index is 1510. The molecule has 138 valence electrons. The smallest absolute Gasteiger partial charge is 0.227 e. The van der Waals surface area contributed by atoms with E-state index in [1.54, 1.807) is 0 Å². The van der Waals surface area contributed by atoms with Gasteiger partial charge in [-0.1, -0.05) is 41.9 Å². The summed E-state index contributed by atoms with van der Waals surface area (Å²) in [4.78, 5) is 4.61. The molecule has 2 aromatic heterocycles. The first-order valence-corrected chi connectivity index (χ1v) is 9.71. The van der Waals surface area contributed by atoms with Gasteiger partial charge >= 0.3 is 0 Å². The quantitative estimate of drug-likeness (QED) is 0.301. The van der Waals surface area contributed by atoms with E-state index < -0.39 is 0 Å². The average Bonchev–Trinajstić information content (AvgIpc) is 3.34.